The normalized spacial score (nSPS) is 15.9. The molecule has 114 valence electrons. The Kier molecular flexibility index (Phi) is 4.96. The Balaban J connectivity index is 1.84. The van der Waals surface area contributed by atoms with Crippen LogP contribution in [0.3, 0.4) is 0 Å². The zero-order chi connectivity index (χ0) is 15.4. The second-order valence-electron chi connectivity index (χ2n) is 5.86. The molecule has 1 aromatic rings. The number of anilines is 1. The standard InChI is InChI=1S/C16H23N3O2/c1-12-8-13(2)10-15(9-12)17-16(21)11-18-4-6-19(7-5-18)14(3)20/h8-10H,4-7,11H2,1-3H3,(H,17,21)/p+1. The van der Waals surface area contributed by atoms with E-state index >= 15 is 0 Å². The minimum absolute atomic E-state index is 0.0336. The van der Waals surface area contributed by atoms with E-state index in [-0.39, 0.29) is 11.8 Å². The Hall–Kier alpha value is -1.88. The van der Waals surface area contributed by atoms with Crippen molar-refractivity contribution >= 4 is 17.5 Å². The summed E-state index contributed by atoms with van der Waals surface area (Å²) in [5.74, 6) is 0.153. The van der Waals surface area contributed by atoms with E-state index in [4.69, 9.17) is 0 Å². The van der Waals surface area contributed by atoms with Crippen molar-refractivity contribution in [2.45, 2.75) is 20.8 Å². The highest BCUT2D eigenvalue weighted by Crippen LogP contribution is 2.13. The average molecular weight is 290 g/mol. The predicted octanol–water partition coefficient (Wildman–Crippen LogP) is -0.0111. The molecule has 1 aliphatic rings. The van der Waals surface area contributed by atoms with Gasteiger partial charge in [-0.2, -0.15) is 0 Å². The van der Waals surface area contributed by atoms with Crippen LogP contribution >= 0.6 is 0 Å². The predicted molar refractivity (Wildman–Crippen MR) is 82.4 cm³/mol. The number of carbonyl (C=O) groups is 2. The summed E-state index contributed by atoms with van der Waals surface area (Å²) in [4.78, 5) is 26.4. The van der Waals surface area contributed by atoms with Gasteiger partial charge in [-0.3, -0.25) is 9.59 Å². The van der Waals surface area contributed by atoms with Gasteiger partial charge in [-0.15, -0.1) is 0 Å². The molecule has 2 N–H and O–H groups in total. The third-order valence-electron chi connectivity index (χ3n) is 3.83. The van der Waals surface area contributed by atoms with Gasteiger partial charge in [-0.1, -0.05) is 6.07 Å². The second-order valence-corrected chi connectivity index (χ2v) is 5.86. The number of carbonyl (C=O) groups excluding carboxylic acids is 2. The van der Waals surface area contributed by atoms with Gasteiger partial charge < -0.3 is 15.1 Å². The van der Waals surface area contributed by atoms with Crippen molar-refractivity contribution in [3.8, 4) is 0 Å². The van der Waals surface area contributed by atoms with Crippen molar-refractivity contribution in [3.63, 3.8) is 0 Å². The van der Waals surface area contributed by atoms with Crippen LogP contribution in [0.5, 0.6) is 0 Å². The largest absolute Gasteiger partial charge is 0.332 e. The summed E-state index contributed by atoms with van der Waals surface area (Å²) in [5, 5.41) is 2.96. The van der Waals surface area contributed by atoms with Crippen LogP contribution in [0.1, 0.15) is 18.1 Å². The molecule has 5 heteroatoms. The Bertz CT molecular complexity index is 514. The molecule has 5 nitrogen and oxygen atoms in total. The fourth-order valence-corrected chi connectivity index (χ4v) is 2.79. The molecular formula is C16H24N3O2+. The zero-order valence-corrected chi connectivity index (χ0v) is 13.0. The summed E-state index contributed by atoms with van der Waals surface area (Å²) >= 11 is 0. The molecule has 0 spiro atoms. The molecule has 1 aromatic carbocycles. The van der Waals surface area contributed by atoms with Crippen LogP contribution in [0.4, 0.5) is 5.69 Å². The van der Waals surface area contributed by atoms with Gasteiger partial charge in [0.15, 0.2) is 6.54 Å². The molecule has 0 aliphatic carbocycles. The molecular weight excluding hydrogens is 266 g/mol. The SMILES string of the molecule is CC(=O)N1CC[NH+](CC(=O)Nc2cc(C)cc(C)c2)CC1. The third kappa shape index (κ3) is 4.56. The van der Waals surface area contributed by atoms with Gasteiger partial charge in [-0.05, 0) is 37.1 Å². The van der Waals surface area contributed by atoms with Gasteiger partial charge in [0.2, 0.25) is 5.91 Å². The minimum atomic E-state index is 0.0336. The highest BCUT2D eigenvalue weighted by Gasteiger charge is 2.23. The van der Waals surface area contributed by atoms with Crippen molar-refractivity contribution in [2.75, 3.05) is 38.0 Å². The van der Waals surface area contributed by atoms with Gasteiger partial charge in [0.25, 0.3) is 5.91 Å². The number of nitrogens with zero attached hydrogens (tertiary/aromatic N) is 1. The number of amides is 2. The van der Waals surface area contributed by atoms with Gasteiger partial charge >= 0.3 is 0 Å². The number of hydrogen-bond donors (Lipinski definition) is 2. The summed E-state index contributed by atoms with van der Waals surface area (Å²) in [6, 6.07) is 6.05. The number of rotatable bonds is 3. The molecule has 0 aromatic heterocycles. The molecule has 1 saturated heterocycles. The molecule has 2 amide bonds. The van der Waals surface area contributed by atoms with Gasteiger partial charge in [-0.25, -0.2) is 0 Å². The lowest BCUT2D eigenvalue weighted by Crippen LogP contribution is -3.15. The maximum absolute atomic E-state index is 12.1. The quantitative estimate of drug-likeness (QED) is 0.823. The van der Waals surface area contributed by atoms with E-state index in [1.54, 1.807) is 6.92 Å². The van der Waals surface area contributed by atoms with E-state index in [1.807, 2.05) is 30.9 Å². The van der Waals surface area contributed by atoms with Crippen LogP contribution in [-0.2, 0) is 9.59 Å². The fraction of sp³-hybridized carbons (Fsp3) is 0.500. The van der Waals surface area contributed by atoms with Crippen LogP contribution in [0.15, 0.2) is 18.2 Å². The Morgan fingerprint density at radius 3 is 2.24 bits per heavy atom. The fourth-order valence-electron chi connectivity index (χ4n) is 2.79. The zero-order valence-electron chi connectivity index (χ0n) is 13.0. The molecule has 0 radical (unpaired) electrons. The van der Waals surface area contributed by atoms with Crippen molar-refractivity contribution in [2.24, 2.45) is 0 Å². The summed E-state index contributed by atoms with van der Waals surface area (Å²) in [7, 11) is 0. The first-order chi connectivity index (χ1) is 9.94. The Morgan fingerprint density at radius 1 is 1.14 bits per heavy atom. The Labute approximate surface area is 125 Å². The lowest BCUT2D eigenvalue weighted by Gasteiger charge is -2.31. The van der Waals surface area contributed by atoms with Gasteiger partial charge in [0.1, 0.15) is 0 Å². The number of nitrogens with one attached hydrogen (secondary N) is 2. The van der Waals surface area contributed by atoms with Crippen molar-refractivity contribution in [1.29, 1.82) is 0 Å². The van der Waals surface area contributed by atoms with Crippen LogP contribution in [0.25, 0.3) is 0 Å². The van der Waals surface area contributed by atoms with Crippen LogP contribution in [-0.4, -0.2) is 49.4 Å². The number of quaternary nitrogens is 1. The Morgan fingerprint density at radius 2 is 1.71 bits per heavy atom. The molecule has 0 atom stereocenters. The molecule has 0 unspecified atom stereocenters. The van der Waals surface area contributed by atoms with E-state index in [1.165, 1.54) is 4.90 Å². The van der Waals surface area contributed by atoms with E-state index in [0.29, 0.717) is 6.54 Å². The van der Waals surface area contributed by atoms with E-state index in [9.17, 15) is 9.59 Å². The third-order valence-corrected chi connectivity index (χ3v) is 3.83. The molecule has 0 saturated carbocycles. The monoisotopic (exact) mass is 290 g/mol. The first-order valence-electron chi connectivity index (χ1n) is 7.41. The first kappa shape index (κ1) is 15.5. The smallest absolute Gasteiger partial charge is 0.279 e. The number of benzene rings is 1. The van der Waals surface area contributed by atoms with Gasteiger partial charge in [0, 0.05) is 12.6 Å². The first-order valence-corrected chi connectivity index (χ1v) is 7.41. The summed E-state index contributed by atoms with van der Waals surface area (Å²) in [5.41, 5.74) is 3.15. The van der Waals surface area contributed by atoms with Crippen LogP contribution < -0.4 is 10.2 Å². The molecule has 1 heterocycles. The molecule has 0 bridgehead atoms. The van der Waals surface area contributed by atoms with Crippen molar-refractivity contribution in [1.82, 2.24) is 4.90 Å². The van der Waals surface area contributed by atoms with Crippen LogP contribution in [0.2, 0.25) is 0 Å². The van der Waals surface area contributed by atoms with Crippen molar-refractivity contribution < 1.29 is 14.5 Å². The summed E-state index contributed by atoms with van der Waals surface area (Å²) < 4.78 is 0. The maximum Gasteiger partial charge on any atom is 0.279 e. The lowest BCUT2D eigenvalue weighted by atomic mass is 10.1. The maximum atomic E-state index is 12.1. The second kappa shape index (κ2) is 6.72. The molecule has 21 heavy (non-hydrogen) atoms. The van der Waals surface area contributed by atoms with Gasteiger partial charge in [0.05, 0.1) is 26.2 Å². The highest BCUT2D eigenvalue weighted by atomic mass is 16.2. The number of hydrogen-bond acceptors (Lipinski definition) is 2. The van der Waals surface area contributed by atoms with E-state index in [2.05, 4.69) is 11.4 Å². The lowest BCUT2D eigenvalue weighted by molar-refractivity contribution is -0.895. The van der Waals surface area contributed by atoms with E-state index < -0.39 is 0 Å². The molecule has 1 aliphatic heterocycles. The average Bonchev–Trinajstić information content (AvgIpc) is 2.37. The summed E-state index contributed by atoms with van der Waals surface area (Å²) in [6.07, 6.45) is 0. The van der Waals surface area contributed by atoms with E-state index in [0.717, 1.165) is 43.0 Å². The topological polar surface area (TPSA) is 53.9 Å². The number of aryl methyl sites for hydroxylation is 2. The highest BCUT2D eigenvalue weighted by molar-refractivity contribution is 5.91. The summed E-state index contributed by atoms with van der Waals surface area (Å²) in [6.45, 7) is 9.24. The molecule has 2 rings (SSSR count). The van der Waals surface area contributed by atoms with Crippen LogP contribution in [0, 0.1) is 13.8 Å². The number of piperazine rings is 1. The minimum Gasteiger partial charge on any atom is -0.332 e. The molecule has 1 fully saturated rings. The van der Waals surface area contributed by atoms with Crippen molar-refractivity contribution in [3.05, 3.63) is 29.3 Å².